The lowest BCUT2D eigenvalue weighted by molar-refractivity contribution is 0.0302. The summed E-state index contributed by atoms with van der Waals surface area (Å²) in [6.07, 6.45) is 2.68. The monoisotopic (exact) mass is 449 g/mol. The third kappa shape index (κ3) is 4.54. The van der Waals surface area contributed by atoms with Gasteiger partial charge in [0.2, 0.25) is 5.95 Å². The van der Waals surface area contributed by atoms with E-state index in [2.05, 4.69) is 26.3 Å². The number of carbonyl (C=O) groups excluding carboxylic acids is 1. The predicted octanol–water partition coefficient (Wildman–Crippen LogP) is 3.46. The molecule has 1 saturated heterocycles. The van der Waals surface area contributed by atoms with Crippen molar-refractivity contribution in [3.05, 3.63) is 53.4 Å². The van der Waals surface area contributed by atoms with Crippen LogP contribution >= 0.6 is 0 Å². The minimum absolute atomic E-state index is 0.0722. The molecule has 1 aromatic carbocycles. The lowest BCUT2D eigenvalue weighted by Gasteiger charge is -2.27. The van der Waals surface area contributed by atoms with E-state index in [9.17, 15) is 14.4 Å². The van der Waals surface area contributed by atoms with E-state index in [0.717, 1.165) is 12.0 Å². The molecule has 0 aliphatic carbocycles. The molecule has 3 aromatic rings. The van der Waals surface area contributed by atoms with Crippen molar-refractivity contribution in [2.75, 3.05) is 31.6 Å². The Morgan fingerprint density at radius 3 is 2.70 bits per heavy atom. The minimum atomic E-state index is -0.563. The number of nitriles is 1. The number of aromatic nitrogens is 4. The number of aryl methyl sites for hydroxylation is 1. The number of halogens is 1. The van der Waals surface area contributed by atoms with Gasteiger partial charge in [-0.05, 0) is 39.0 Å². The maximum absolute atomic E-state index is 14.6. The van der Waals surface area contributed by atoms with Crippen molar-refractivity contribution in [2.45, 2.75) is 26.8 Å². The number of amides is 1. The summed E-state index contributed by atoms with van der Waals surface area (Å²) in [5, 5.41) is 12.6. The van der Waals surface area contributed by atoms with E-state index in [0.29, 0.717) is 43.2 Å². The molecule has 9 nitrogen and oxygen atoms in total. The fourth-order valence-electron chi connectivity index (χ4n) is 3.85. The first kappa shape index (κ1) is 22.4. The van der Waals surface area contributed by atoms with Crippen molar-refractivity contribution >= 4 is 17.5 Å². The smallest absolute Gasteiger partial charge is 0.255 e. The second-order valence-corrected chi connectivity index (χ2v) is 7.95. The van der Waals surface area contributed by atoms with Gasteiger partial charge in [-0.1, -0.05) is 0 Å². The van der Waals surface area contributed by atoms with E-state index in [-0.39, 0.29) is 29.2 Å². The first-order chi connectivity index (χ1) is 15.9. The zero-order valence-corrected chi connectivity index (χ0v) is 18.7. The van der Waals surface area contributed by atoms with Crippen LogP contribution < -0.4 is 5.32 Å². The van der Waals surface area contributed by atoms with E-state index in [4.69, 9.17) is 4.74 Å². The van der Waals surface area contributed by atoms with Gasteiger partial charge in [-0.15, -0.1) is 0 Å². The largest absolute Gasteiger partial charge is 0.378 e. The van der Waals surface area contributed by atoms with Crippen LogP contribution in [0.25, 0.3) is 11.4 Å². The number of nitrogens with one attached hydrogen (secondary N) is 1. The van der Waals surface area contributed by atoms with Gasteiger partial charge in [0.05, 0.1) is 42.4 Å². The fraction of sp³-hybridized carbons (Fsp3) is 0.348. The molecule has 0 saturated carbocycles. The highest BCUT2D eigenvalue weighted by Gasteiger charge is 2.22. The molecule has 33 heavy (non-hydrogen) atoms. The molecular formula is C23H24FN7O2. The zero-order chi connectivity index (χ0) is 23.5. The highest BCUT2D eigenvalue weighted by molar-refractivity contribution is 5.97. The molecule has 10 heteroatoms. The number of nitrogens with zero attached hydrogens (tertiary/aromatic N) is 6. The number of ether oxygens (including phenoxy) is 1. The first-order valence-corrected chi connectivity index (χ1v) is 10.6. The molecule has 0 unspecified atom stereocenters. The molecule has 1 amide bonds. The summed E-state index contributed by atoms with van der Waals surface area (Å²) in [6.45, 7) is 7.76. The van der Waals surface area contributed by atoms with Crippen LogP contribution in [0.5, 0.6) is 0 Å². The summed E-state index contributed by atoms with van der Waals surface area (Å²) in [7, 11) is 0. The molecule has 170 valence electrons. The van der Waals surface area contributed by atoms with Gasteiger partial charge in [0, 0.05) is 24.8 Å². The molecular weight excluding hydrogens is 425 g/mol. The molecule has 3 heterocycles. The Morgan fingerprint density at radius 2 is 2.00 bits per heavy atom. The molecule has 2 aromatic heterocycles. The predicted molar refractivity (Wildman–Crippen MR) is 119 cm³/mol. The van der Waals surface area contributed by atoms with Crippen LogP contribution in [0.2, 0.25) is 0 Å². The number of benzene rings is 1. The SMILES string of the molecule is Cc1ncc(-c2nc(Nc3ccc(C(=O)N4CCOCC4)c(C#N)c3)ncc2F)n1C(C)C. The van der Waals surface area contributed by atoms with Crippen LogP contribution in [0.1, 0.15) is 41.6 Å². The third-order valence-corrected chi connectivity index (χ3v) is 5.41. The topological polar surface area (TPSA) is 109 Å². The summed E-state index contributed by atoms with van der Waals surface area (Å²) in [5.41, 5.74) is 1.74. The second kappa shape index (κ2) is 9.34. The Bertz CT molecular complexity index is 1230. The standard InChI is InChI=1S/C23H24FN7O2/c1-14(2)31-15(3)26-13-20(31)21-19(24)12-27-23(29-21)28-17-4-5-18(16(10-17)11-25)22(32)30-6-8-33-9-7-30/h4-5,10,12-14H,6-9H2,1-3H3,(H,27,28,29). The van der Waals surface area contributed by atoms with E-state index in [1.165, 1.54) is 0 Å². The molecule has 1 aliphatic heterocycles. The second-order valence-electron chi connectivity index (χ2n) is 7.95. The number of anilines is 2. The maximum atomic E-state index is 14.6. The Balaban J connectivity index is 1.62. The van der Waals surface area contributed by atoms with Gasteiger partial charge in [-0.2, -0.15) is 5.26 Å². The van der Waals surface area contributed by atoms with Crippen LogP contribution in [-0.4, -0.2) is 56.6 Å². The van der Waals surface area contributed by atoms with Gasteiger partial charge in [0.25, 0.3) is 5.91 Å². The summed E-state index contributed by atoms with van der Waals surface area (Å²) in [6, 6.07) is 6.98. The lowest BCUT2D eigenvalue weighted by atomic mass is 10.1. The summed E-state index contributed by atoms with van der Waals surface area (Å²) >= 11 is 0. The quantitative estimate of drug-likeness (QED) is 0.635. The van der Waals surface area contributed by atoms with Crippen molar-refractivity contribution in [3.8, 4) is 17.5 Å². The molecule has 1 N–H and O–H groups in total. The number of hydrogen-bond acceptors (Lipinski definition) is 7. The van der Waals surface area contributed by atoms with Gasteiger partial charge in [-0.3, -0.25) is 4.79 Å². The van der Waals surface area contributed by atoms with Crippen LogP contribution in [0, 0.1) is 24.1 Å². The fourth-order valence-corrected chi connectivity index (χ4v) is 3.85. The first-order valence-electron chi connectivity index (χ1n) is 10.6. The summed E-state index contributed by atoms with van der Waals surface area (Å²) in [5.74, 6) is 0.147. The van der Waals surface area contributed by atoms with E-state index >= 15 is 0 Å². The highest BCUT2D eigenvalue weighted by Crippen LogP contribution is 2.27. The van der Waals surface area contributed by atoms with Crippen LogP contribution in [0.4, 0.5) is 16.0 Å². The average molecular weight is 449 g/mol. The van der Waals surface area contributed by atoms with Gasteiger partial charge < -0.3 is 19.5 Å². The molecule has 0 radical (unpaired) electrons. The van der Waals surface area contributed by atoms with Gasteiger partial charge in [-0.25, -0.2) is 19.3 Å². The Morgan fingerprint density at radius 1 is 1.24 bits per heavy atom. The molecule has 1 fully saturated rings. The molecule has 4 rings (SSSR count). The lowest BCUT2D eigenvalue weighted by Crippen LogP contribution is -2.40. The number of morpholine rings is 1. The summed E-state index contributed by atoms with van der Waals surface area (Å²) < 4.78 is 21.8. The Kier molecular flexibility index (Phi) is 6.33. The summed E-state index contributed by atoms with van der Waals surface area (Å²) in [4.78, 5) is 27.1. The third-order valence-electron chi connectivity index (χ3n) is 5.41. The van der Waals surface area contributed by atoms with Gasteiger partial charge in [0.15, 0.2) is 5.82 Å². The average Bonchev–Trinajstić information content (AvgIpc) is 3.21. The highest BCUT2D eigenvalue weighted by atomic mass is 19.1. The Hall–Kier alpha value is -3.84. The number of carbonyl (C=O) groups is 1. The normalized spacial score (nSPS) is 13.8. The van der Waals surface area contributed by atoms with Crippen LogP contribution in [-0.2, 0) is 4.74 Å². The molecule has 1 aliphatic rings. The van der Waals surface area contributed by atoms with Crippen molar-refractivity contribution in [1.29, 1.82) is 5.26 Å². The Labute approximate surface area is 190 Å². The number of rotatable bonds is 5. The van der Waals surface area contributed by atoms with E-state index < -0.39 is 5.82 Å². The van der Waals surface area contributed by atoms with E-state index in [1.807, 2.05) is 25.3 Å². The van der Waals surface area contributed by atoms with Crippen molar-refractivity contribution in [2.24, 2.45) is 0 Å². The van der Waals surface area contributed by atoms with Crippen LogP contribution in [0.15, 0.2) is 30.6 Å². The molecule has 0 bridgehead atoms. The van der Waals surface area contributed by atoms with Crippen molar-refractivity contribution < 1.29 is 13.9 Å². The van der Waals surface area contributed by atoms with Crippen molar-refractivity contribution in [3.63, 3.8) is 0 Å². The zero-order valence-electron chi connectivity index (χ0n) is 18.7. The van der Waals surface area contributed by atoms with E-state index in [1.54, 1.807) is 29.3 Å². The molecule has 0 spiro atoms. The number of hydrogen-bond donors (Lipinski definition) is 1. The van der Waals surface area contributed by atoms with Crippen LogP contribution in [0.3, 0.4) is 0 Å². The molecule has 0 atom stereocenters. The van der Waals surface area contributed by atoms with Gasteiger partial charge >= 0.3 is 0 Å². The van der Waals surface area contributed by atoms with Crippen molar-refractivity contribution in [1.82, 2.24) is 24.4 Å². The maximum Gasteiger partial charge on any atom is 0.255 e. The minimum Gasteiger partial charge on any atom is -0.378 e. The van der Waals surface area contributed by atoms with Gasteiger partial charge in [0.1, 0.15) is 17.6 Å². The number of imidazole rings is 1.